The van der Waals surface area contributed by atoms with Crippen molar-refractivity contribution in [1.29, 1.82) is 0 Å². The molecule has 3 rings (SSSR count). The maximum absolute atomic E-state index is 12.6. The second kappa shape index (κ2) is 9.03. The zero-order valence-electron chi connectivity index (χ0n) is 15.5. The second-order valence-electron chi connectivity index (χ2n) is 6.82. The van der Waals surface area contributed by atoms with Gasteiger partial charge in [-0.1, -0.05) is 12.1 Å². The van der Waals surface area contributed by atoms with Gasteiger partial charge in [-0.15, -0.1) is 0 Å². The van der Waals surface area contributed by atoms with Crippen LogP contribution < -0.4 is 4.74 Å². The molecule has 1 aromatic rings. The van der Waals surface area contributed by atoms with Crippen molar-refractivity contribution < 1.29 is 19.1 Å². The van der Waals surface area contributed by atoms with Gasteiger partial charge < -0.3 is 19.3 Å². The largest absolute Gasteiger partial charge is 0.494 e. The van der Waals surface area contributed by atoms with Crippen LogP contribution in [0.3, 0.4) is 0 Å². The predicted octanol–water partition coefficient (Wildman–Crippen LogP) is 1.87. The third kappa shape index (κ3) is 4.75. The summed E-state index contributed by atoms with van der Waals surface area (Å²) in [6.45, 7) is 5.84. The van der Waals surface area contributed by atoms with Crippen molar-refractivity contribution in [3.8, 4) is 5.75 Å². The average Bonchev–Trinajstić information content (AvgIpc) is 3.07. The number of carbonyl (C=O) groups excluding carboxylic acids is 2. The minimum atomic E-state index is -0.277. The van der Waals surface area contributed by atoms with Crippen molar-refractivity contribution in [2.45, 2.75) is 38.7 Å². The summed E-state index contributed by atoms with van der Waals surface area (Å²) in [4.78, 5) is 28.9. The molecule has 2 saturated heterocycles. The Morgan fingerprint density at radius 2 is 1.81 bits per heavy atom. The maximum Gasteiger partial charge on any atom is 0.251 e. The molecule has 1 atom stereocenters. The van der Waals surface area contributed by atoms with Crippen molar-refractivity contribution in [3.05, 3.63) is 29.8 Å². The molecule has 1 unspecified atom stereocenters. The van der Waals surface area contributed by atoms with Crippen LogP contribution in [0.1, 0.15) is 31.7 Å². The first-order chi connectivity index (χ1) is 12.7. The highest BCUT2D eigenvalue weighted by molar-refractivity contribution is 5.82. The first-order valence-corrected chi connectivity index (χ1v) is 9.57. The van der Waals surface area contributed by atoms with Crippen LogP contribution in [-0.4, -0.2) is 67.1 Å². The van der Waals surface area contributed by atoms with Crippen molar-refractivity contribution in [1.82, 2.24) is 9.80 Å². The number of ether oxygens (including phenoxy) is 2. The molecule has 0 saturated carbocycles. The second-order valence-corrected chi connectivity index (χ2v) is 6.82. The SMILES string of the molecule is CCOc1ccc(CC(=O)N2CCCN(C(=O)C3CCCO3)CC2)cc1. The summed E-state index contributed by atoms with van der Waals surface area (Å²) in [7, 11) is 0. The van der Waals surface area contributed by atoms with Gasteiger partial charge in [-0.3, -0.25) is 9.59 Å². The van der Waals surface area contributed by atoms with Gasteiger partial charge in [0.15, 0.2) is 0 Å². The van der Waals surface area contributed by atoms with E-state index in [-0.39, 0.29) is 17.9 Å². The number of hydrogen-bond donors (Lipinski definition) is 0. The number of rotatable bonds is 5. The summed E-state index contributed by atoms with van der Waals surface area (Å²) in [5, 5.41) is 0. The molecular weight excluding hydrogens is 332 g/mol. The van der Waals surface area contributed by atoms with Crippen LogP contribution in [0.5, 0.6) is 5.75 Å². The highest BCUT2D eigenvalue weighted by Crippen LogP contribution is 2.17. The van der Waals surface area contributed by atoms with Crippen LogP contribution in [0.4, 0.5) is 0 Å². The fraction of sp³-hybridized carbons (Fsp3) is 0.600. The summed E-state index contributed by atoms with van der Waals surface area (Å²) >= 11 is 0. The van der Waals surface area contributed by atoms with E-state index in [1.807, 2.05) is 41.0 Å². The average molecular weight is 360 g/mol. The highest BCUT2D eigenvalue weighted by Gasteiger charge is 2.30. The molecule has 0 spiro atoms. The Kier molecular flexibility index (Phi) is 6.50. The Morgan fingerprint density at radius 3 is 2.50 bits per heavy atom. The van der Waals surface area contributed by atoms with Crippen molar-refractivity contribution in [2.75, 3.05) is 39.4 Å². The van der Waals surface area contributed by atoms with Gasteiger partial charge in [-0.25, -0.2) is 0 Å². The van der Waals surface area contributed by atoms with Gasteiger partial charge in [0.05, 0.1) is 13.0 Å². The Morgan fingerprint density at radius 1 is 1.08 bits per heavy atom. The van der Waals surface area contributed by atoms with Gasteiger partial charge >= 0.3 is 0 Å². The summed E-state index contributed by atoms with van der Waals surface area (Å²) < 4.78 is 10.9. The smallest absolute Gasteiger partial charge is 0.251 e. The van der Waals surface area contributed by atoms with E-state index >= 15 is 0 Å². The van der Waals surface area contributed by atoms with Crippen LogP contribution in [-0.2, 0) is 20.7 Å². The van der Waals surface area contributed by atoms with E-state index in [1.165, 1.54) is 0 Å². The Hall–Kier alpha value is -2.08. The van der Waals surface area contributed by atoms with Gasteiger partial charge in [0.2, 0.25) is 5.91 Å². The maximum atomic E-state index is 12.6. The summed E-state index contributed by atoms with van der Waals surface area (Å²) in [6, 6.07) is 7.68. The topological polar surface area (TPSA) is 59.1 Å². The molecule has 2 aliphatic rings. The van der Waals surface area contributed by atoms with Crippen molar-refractivity contribution in [3.63, 3.8) is 0 Å². The molecule has 0 N–H and O–H groups in total. The standard InChI is InChI=1S/C20H28N2O4/c1-2-25-17-8-6-16(7-9-17)15-19(23)21-10-4-11-22(13-12-21)20(24)18-5-3-14-26-18/h6-9,18H,2-5,10-15H2,1H3. The van der Waals surface area contributed by atoms with Crippen molar-refractivity contribution in [2.24, 2.45) is 0 Å². The van der Waals surface area contributed by atoms with Crippen LogP contribution in [0.25, 0.3) is 0 Å². The first-order valence-electron chi connectivity index (χ1n) is 9.57. The third-order valence-corrected chi connectivity index (χ3v) is 4.96. The zero-order chi connectivity index (χ0) is 18.4. The quantitative estimate of drug-likeness (QED) is 0.804. The number of hydrogen-bond acceptors (Lipinski definition) is 4. The Bertz CT molecular complexity index is 611. The normalized spacial score (nSPS) is 20.7. The molecule has 0 radical (unpaired) electrons. The molecule has 26 heavy (non-hydrogen) atoms. The van der Waals surface area contributed by atoms with Crippen LogP contribution >= 0.6 is 0 Å². The molecule has 0 aliphatic carbocycles. The minimum Gasteiger partial charge on any atom is -0.494 e. The molecule has 142 valence electrons. The van der Waals surface area contributed by atoms with Gasteiger partial charge in [0.1, 0.15) is 11.9 Å². The van der Waals surface area contributed by atoms with E-state index in [0.717, 1.165) is 30.6 Å². The Balaban J connectivity index is 1.51. The molecule has 0 aromatic heterocycles. The third-order valence-electron chi connectivity index (χ3n) is 4.96. The van der Waals surface area contributed by atoms with Crippen LogP contribution in [0, 0.1) is 0 Å². The predicted molar refractivity (Wildman–Crippen MR) is 98.1 cm³/mol. The zero-order valence-corrected chi connectivity index (χ0v) is 15.5. The molecule has 1 aromatic carbocycles. The fourth-order valence-electron chi connectivity index (χ4n) is 3.52. The van der Waals surface area contributed by atoms with E-state index in [2.05, 4.69) is 0 Å². The van der Waals surface area contributed by atoms with E-state index in [1.54, 1.807) is 0 Å². The van der Waals surface area contributed by atoms with Gasteiger partial charge in [-0.05, 0) is 43.9 Å². The van der Waals surface area contributed by atoms with Crippen molar-refractivity contribution >= 4 is 11.8 Å². The van der Waals surface area contributed by atoms with E-state index < -0.39 is 0 Å². The monoisotopic (exact) mass is 360 g/mol. The Labute approximate surface area is 155 Å². The first kappa shape index (κ1) is 18.7. The van der Waals surface area contributed by atoms with Gasteiger partial charge in [-0.2, -0.15) is 0 Å². The molecule has 6 heteroatoms. The van der Waals surface area contributed by atoms with Gasteiger partial charge in [0, 0.05) is 32.8 Å². The highest BCUT2D eigenvalue weighted by atomic mass is 16.5. The molecule has 2 heterocycles. The molecular formula is C20H28N2O4. The van der Waals surface area contributed by atoms with Crippen LogP contribution in [0.2, 0.25) is 0 Å². The molecule has 2 fully saturated rings. The van der Waals surface area contributed by atoms with E-state index in [9.17, 15) is 9.59 Å². The minimum absolute atomic E-state index is 0.0864. The molecule has 0 bridgehead atoms. The van der Waals surface area contributed by atoms with E-state index in [4.69, 9.17) is 9.47 Å². The number of nitrogens with zero attached hydrogens (tertiary/aromatic N) is 2. The molecule has 6 nitrogen and oxygen atoms in total. The molecule has 2 amide bonds. The summed E-state index contributed by atoms with van der Waals surface area (Å²) in [6.07, 6.45) is 2.69. The summed E-state index contributed by atoms with van der Waals surface area (Å²) in [5.74, 6) is 1.02. The number of amides is 2. The fourth-order valence-corrected chi connectivity index (χ4v) is 3.52. The van der Waals surface area contributed by atoms with Crippen LogP contribution in [0.15, 0.2) is 24.3 Å². The lowest BCUT2D eigenvalue weighted by Gasteiger charge is -2.24. The lowest BCUT2D eigenvalue weighted by Crippen LogP contribution is -2.42. The van der Waals surface area contributed by atoms with Gasteiger partial charge in [0.25, 0.3) is 5.91 Å². The number of carbonyl (C=O) groups is 2. The number of benzene rings is 1. The summed E-state index contributed by atoms with van der Waals surface area (Å²) in [5.41, 5.74) is 0.981. The molecule has 2 aliphatic heterocycles. The van der Waals surface area contributed by atoms with E-state index in [0.29, 0.717) is 45.8 Å². The lowest BCUT2D eigenvalue weighted by molar-refractivity contribution is -0.141. The lowest BCUT2D eigenvalue weighted by atomic mass is 10.1.